The molecule has 0 aromatic heterocycles. The molecule has 2 atom stereocenters. The van der Waals surface area contributed by atoms with Crippen molar-refractivity contribution in [3.8, 4) is 0 Å². The standard InChI is InChI=1S/C17H28N2O.ClH/c1-12(2)10-16(15-9-7-6-8-13(15)3)19-17(20)14(4)11-18-5;/h6-9,12,14,16,18H,10-11H2,1-5H3,(H,19,20);1H. The summed E-state index contributed by atoms with van der Waals surface area (Å²) in [6, 6.07) is 8.40. The number of hydrogen-bond acceptors (Lipinski definition) is 2. The van der Waals surface area contributed by atoms with Crippen molar-refractivity contribution in [2.75, 3.05) is 13.6 Å². The van der Waals surface area contributed by atoms with Crippen molar-refractivity contribution >= 4 is 18.3 Å². The van der Waals surface area contributed by atoms with Crippen LogP contribution in [0.2, 0.25) is 0 Å². The molecule has 0 fully saturated rings. The first-order chi connectivity index (χ1) is 9.45. The molecule has 2 unspecified atom stereocenters. The van der Waals surface area contributed by atoms with Gasteiger partial charge in [0.2, 0.25) is 5.91 Å². The van der Waals surface area contributed by atoms with Gasteiger partial charge in [-0.05, 0) is 37.4 Å². The third kappa shape index (κ3) is 6.49. The summed E-state index contributed by atoms with van der Waals surface area (Å²) in [6.45, 7) is 9.14. The van der Waals surface area contributed by atoms with Gasteiger partial charge in [0.1, 0.15) is 0 Å². The number of carbonyl (C=O) groups is 1. The van der Waals surface area contributed by atoms with Crippen LogP contribution in [-0.2, 0) is 4.79 Å². The minimum Gasteiger partial charge on any atom is -0.349 e. The predicted molar refractivity (Wildman–Crippen MR) is 91.9 cm³/mol. The van der Waals surface area contributed by atoms with Gasteiger partial charge in [0, 0.05) is 12.5 Å². The van der Waals surface area contributed by atoms with E-state index in [2.05, 4.69) is 43.5 Å². The average Bonchev–Trinajstić information content (AvgIpc) is 2.38. The lowest BCUT2D eigenvalue weighted by Crippen LogP contribution is -2.37. The van der Waals surface area contributed by atoms with Gasteiger partial charge in [0.15, 0.2) is 0 Å². The number of amides is 1. The van der Waals surface area contributed by atoms with Crippen molar-refractivity contribution < 1.29 is 4.79 Å². The van der Waals surface area contributed by atoms with Gasteiger partial charge < -0.3 is 10.6 Å². The fourth-order valence-corrected chi connectivity index (χ4v) is 2.43. The van der Waals surface area contributed by atoms with Crippen LogP contribution in [0.3, 0.4) is 0 Å². The van der Waals surface area contributed by atoms with Gasteiger partial charge in [0.05, 0.1) is 6.04 Å². The molecule has 21 heavy (non-hydrogen) atoms. The Hall–Kier alpha value is -1.06. The third-order valence-corrected chi connectivity index (χ3v) is 3.55. The summed E-state index contributed by atoms with van der Waals surface area (Å²) in [5.41, 5.74) is 2.46. The summed E-state index contributed by atoms with van der Waals surface area (Å²) in [6.07, 6.45) is 0.961. The molecule has 0 bridgehead atoms. The van der Waals surface area contributed by atoms with E-state index in [9.17, 15) is 4.79 Å². The molecule has 0 radical (unpaired) electrons. The van der Waals surface area contributed by atoms with Crippen molar-refractivity contribution in [3.63, 3.8) is 0 Å². The van der Waals surface area contributed by atoms with E-state index < -0.39 is 0 Å². The molecular weight excluding hydrogens is 284 g/mol. The molecule has 2 N–H and O–H groups in total. The van der Waals surface area contributed by atoms with Crippen LogP contribution in [0.15, 0.2) is 24.3 Å². The van der Waals surface area contributed by atoms with Crippen LogP contribution in [0.1, 0.15) is 44.4 Å². The summed E-state index contributed by atoms with van der Waals surface area (Å²) in [5, 5.41) is 6.26. The number of aryl methyl sites for hydroxylation is 1. The molecule has 120 valence electrons. The summed E-state index contributed by atoms with van der Waals surface area (Å²) in [7, 11) is 1.87. The molecule has 0 aliphatic rings. The Morgan fingerprint density at radius 1 is 1.19 bits per heavy atom. The zero-order chi connectivity index (χ0) is 15.1. The van der Waals surface area contributed by atoms with Gasteiger partial charge in [0.25, 0.3) is 0 Å². The highest BCUT2D eigenvalue weighted by Gasteiger charge is 2.20. The van der Waals surface area contributed by atoms with E-state index in [0.717, 1.165) is 6.42 Å². The Bertz CT molecular complexity index is 435. The molecule has 3 nitrogen and oxygen atoms in total. The lowest BCUT2D eigenvalue weighted by molar-refractivity contribution is -0.125. The van der Waals surface area contributed by atoms with E-state index in [1.54, 1.807) is 0 Å². The number of carbonyl (C=O) groups excluding carboxylic acids is 1. The first kappa shape index (κ1) is 19.9. The first-order valence-corrected chi connectivity index (χ1v) is 7.46. The predicted octanol–water partition coefficient (Wildman–Crippen LogP) is 3.48. The highest BCUT2D eigenvalue weighted by molar-refractivity contribution is 5.85. The number of hydrogen-bond donors (Lipinski definition) is 2. The Kier molecular flexibility index (Phi) is 9.31. The summed E-state index contributed by atoms with van der Waals surface area (Å²) in [5.74, 6) is 0.645. The topological polar surface area (TPSA) is 41.1 Å². The molecule has 0 aliphatic carbocycles. The van der Waals surface area contributed by atoms with E-state index in [1.807, 2.05) is 26.1 Å². The lowest BCUT2D eigenvalue weighted by atomic mass is 9.93. The first-order valence-electron chi connectivity index (χ1n) is 7.46. The Balaban J connectivity index is 0.00000400. The average molecular weight is 313 g/mol. The number of nitrogens with one attached hydrogen (secondary N) is 2. The normalized spacial score (nSPS) is 13.4. The maximum atomic E-state index is 12.3. The maximum Gasteiger partial charge on any atom is 0.224 e. The summed E-state index contributed by atoms with van der Waals surface area (Å²) < 4.78 is 0. The molecule has 0 saturated carbocycles. The van der Waals surface area contributed by atoms with E-state index in [4.69, 9.17) is 0 Å². The lowest BCUT2D eigenvalue weighted by Gasteiger charge is -2.24. The Labute approximate surface area is 135 Å². The summed E-state index contributed by atoms with van der Waals surface area (Å²) in [4.78, 5) is 12.3. The number of halogens is 1. The fraction of sp³-hybridized carbons (Fsp3) is 0.588. The van der Waals surface area contributed by atoms with Gasteiger partial charge in [-0.15, -0.1) is 12.4 Å². The molecule has 1 aromatic rings. The molecule has 4 heteroatoms. The highest BCUT2D eigenvalue weighted by atomic mass is 35.5. The van der Waals surface area contributed by atoms with Crippen LogP contribution >= 0.6 is 12.4 Å². The Morgan fingerprint density at radius 3 is 2.33 bits per heavy atom. The van der Waals surface area contributed by atoms with Crippen molar-refractivity contribution in [2.45, 2.75) is 40.2 Å². The van der Waals surface area contributed by atoms with Gasteiger partial charge in [-0.3, -0.25) is 4.79 Å². The maximum absolute atomic E-state index is 12.3. The Morgan fingerprint density at radius 2 is 1.81 bits per heavy atom. The summed E-state index contributed by atoms with van der Waals surface area (Å²) >= 11 is 0. The van der Waals surface area contributed by atoms with Crippen molar-refractivity contribution in [3.05, 3.63) is 35.4 Å². The molecule has 0 spiro atoms. The smallest absolute Gasteiger partial charge is 0.224 e. The largest absolute Gasteiger partial charge is 0.349 e. The molecule has 1 rings (SSSR count). The molecular formula is C17H29ClN2O. The molecule has 0 heterocycles. The van der Waals surface area contributed by atoms with Crippen LogP contribution < -0.4 is 10.6 Å². The van der Waals surface area contributed by atoms with Crippen LogP contribution in [0.5, 0.6) is 0 Å². The van der Waals surface area contributed by atoms with E-state index in [1.165, 1.54) is 11.1 Å². The van der Waals surface area contributed by atoms with E-state index >= 15 is 0 Å². The van der Waals surface area contributed by atoms with Crippen LogP contribution in [0, 0.1) is 18.8 Å². The monoisotopic (exact) mass is 312 g/mol. The quantitative estimate of drug-likeness (QED) is 0.809. The van der Waals surface area contributed by atoms with Gasteiger partial charge in [-0.1, -0.05) is 45.0 Å². The molecule has 1 aromatic carbocycles. The molecule has 0 saturated heterocycles. The highest BCUT2D eigenvalue weighted by Crippen LogP contribution is 2.24. The van der Waals surface area contributed by atoms with Gasteiger partial charge >= 0.3 is 0 Å². The fourth-order valence-electron chi connectivity index (χ4n) is 2.43. The van der Waals surface area contributed by atoms with E-state index in [0.29, 0.717) is 12.5 Å². The van der Waals surface area contributed by atoms with E-state index in [-0.39, 0.29) is 30.3 Å². The second-order valence-corrected chi connectivity index (χ2v) is 6.01. The number of benzene rings is 1. The number of rotatable bonds is 7. The van der Waals surface area contributed by atoms with Crippen LogP contribution in [0.25, 0.3) is 0 Å². The van der Waals surface area contributed by atoms with Crippen LogP contribution in [-0.4, -0.2) is 19.5 Å². The van der Waals surface area contributed by atoms with Crippen molar-refractivity contribution in [1.82, 2.24) is 10.6 Å². The second kappa shape index (κ2) is 9.80. The van der Waals surface area contributed by atoms with Gasteiger partial charge in [-0.25, -0.2) is 0 Å². The molecule has 0 aliphatic heterocycles. The minimum atomic E-state index is -0.0151. The van der Waals surface area contributed by atoms with Crippen LogP contribution in [0.4, 0.5) is 0 Å². The molecule has 1 amide bonds. The zero-order valence-electron chi connectivity index (χ0n) is 13.8. The second-order valence-electron chi connectivity index (χ2n) is 6.01. The van der Waals surface area contributed by atoms with Crippen molar-refractivity contribution in [2.24, 2.45) is 11.8 Å². The van der Waals surface area contributed by atoms with Crippen molar-refractivity contribution in [1.29, 1.82) is 0 Å². The third-order valence-electron chi connectivity index (χ3n) is 3.55. The minimum absolute atomic E-state index is 0. The van der Waals surface area contributed by atoms with Gasteiger partial charge in [-0.2, -0.15) is 0 Å². The SMILES string of the molecule is CNCC(C)C(=O)NC(CC(C)C)c1ccccc1C.Cl. The zero-order valence-corrected chi connectivity index (χ0v) is 14.6.